The molecule has 0 aliphatic carbocycles. The first-order chi connectivity index (χ1) is 6.60. The number of nitrogens with two attached hydrogens (primary N) is 1. The van der Waals surface area contributed by atoms with Crippen molar-refractivity contribution in [3.05, 3.63) is 29.8 Å². The number of rotatable bonds is 4. The van der Waals surface area contributed by atoms with Crippen LogP contribution >= 0.6 is 0 Å². The van der Waals surface area contributed by atoms with E-state index < -0.39 is 5.67 Å². The van der Waals surface area contributed by atoms with Crippen molar-refractivity contribution < 1.29 is 9.13 Å². The zero-order valence-electron chi connectivity index (χ0n) is 8.59. The normalized spacial score (nSPS) is 14.9. The first kappa shape index (κ1) is 11.0. The van der Waals surface area contributed by atoms with Crippen molar-refractivity contribution >= 4 is 0 Å². The van der Waals surface area contributed by atoms with E-state index >= 15 is 0 Å². The Labute approximate surface area is 83.9 Å². The van der Waals surface area contributed by atoms with Crippen molar-refractivity contribution in [3.63, 3.8) is 0 Å². The van der Waals surface area contributed by atoms with Gasteiger partial charge in [0.05, 0.1) is 7.11 Å². The van der Waals surface area contributed by atoms with E-state index in [9.17, 15) is 4.39 Å². The van der Waals surface area contributed by atoms with Crippen LogP contribution in [0.25, 0.3) is 0 Å². The molecule has 0 aromatic heterocycles. The average molecular weight is 197 g/mol. The van der Waals surface area contributed by atoms with E-state index in [1.54, 1.807) is 38.3 Å². The molecule has 0 radical (unpaired) electrons. The highest BCUT2D eigenvalue weighted by Gasteiger charge is 2.24. The highest BCUT2D eigenvalue weighted by Crippen LogP contribution is 2.29. The summed E-state index contributed by atoms with van der Waals surface area (Å²) in [6.07, 6.45) is 0.333. The first-order valence-electron chi connectivity index (χ1n) is 4.63. The van der Waals surface area contributed by atoms with Crippen LogP contribution in [0.4, 0.5) is 4.39 Å². The van der Waals surface area contributed by atoms with Gasteiger partial charge < -0.3 is 10.5 Å². The lowest BCUT2D eigenvalue weighted by molar-refractivity contribution is 0.180. The number of hydrogen-bond donors (Lipinski definition) is 1. The van der Waals surface area contributed by atoms with Crippen LogP contribution in [0.2, 0.25) is 0 Å². The van der Waals surface area contributed by atoms with Crippen LogP contribution in [0, 0.1) is 0 Å². The molecule has 0 spiro atoms. The fourth-order valence-corrected chi connectivity index (χ4v) is 1.35. The van der Waals surface area contributed by atoms with Crippen LogP contribution in [0.3, 0.4) is 0 Å². The van der Waals surface area contributed by atoms with Crippen molar-refractivity contribution in [1.82, 2.24) is 0 Å². The van der Waals surface area contributed by atoms with Gasteiger partial charge >= 0.3 is 0 Å². The molecule has 1 unspecified atom stereocenters. The topological polar surface area (TPSA) is 35.2 Å². The quantitative estimate of drug-likeness (QED) is 0.803. The van der Waals surface area contributed by atoms with Crippen LogP contribution in [0.5, 0.6) is 5.75 Å². The van der Waals surface area contributed by atoms with Gasteiger partial charge in [0, 0.05) is 0 Å². The van der Waals surface area contributed by atoms with Crippen LogP contribution < -0.4 is 10.5 Å². The van der Waals surface area contributed by atoms with Crippen molar-refractivity contribution in [2.24, 2.45) is 5.73 Å². The minimum atomic E-state index is -1.35. The number of ether oxygens (including phenoxy) is 1. The smallest absolute Gasteiger partial charge is 0.134 e. The lowest BCUT2D eigenvalue weighted by atomic mass is 9.94. The maximum atomic E-state index is 13.9. The Hall–Kier alpha value is -1.09. The highest BCUT2D eigenvalue weighted by molar-refractivity contribution is 5.30. The standard InChI is InChI=1S/C11H16FNO/c1-11(12,7-8-13)9-3-5-10(14-2)6-4-9/h3-6H,7-8,13H2,1-2H3. The van der Waals surface area contributed by atoms with Gasteiger partial charge in [-0.1, -0.05) is 12.1 Å². The molecule has 0 bridgehead atoms. The van der Waals surface area contributed by atoms with Gasteiger partial charge in [0.15, 0.2) is 0 Å². The zero-order chi connectivity index (χ0) is 10.6. The highest BCUT2D eigenvalue weighted by atomic mass is 19.1. The molecule has 14 heavy (non-hydrogen) atoms. The number of methoxy groups -OCH3 is 1. The van der Waals surface area contributed by atoms with Crippen LogP contribution in [0.1, 0.15) is 18.9 Å². The monoisotopic (exact) mass is 197 g/mol. The van der Waals surface area contributed by atoms with E-state index in [0.717, 1.165) is 5.75 Å². The molecule has 2 nitrogen and oxygen atoms in total. The van der Waals surface area contributed by atoms with E-state index in [4.69, 9.17) is 10.5 Å². The summed E-state index contributed by atoms with van der Waals surface area (Å²) in [7, 11) is 1.59. The summed E-state index contributed by atoms with van der Waals surface area (Å²) >= 11 is 0. The molecule has 1 aromatic rings. The molecule has 0 amide bonds. The number of benzene rings is 1. The molecule has 0 saturated carbocycles. The third-order valence-corrected chi connectivity index (χ3v) is 2.31. The van der Waals surface area contributed by atoms with Crippen LogP contribution in [-0.2, 0) is 5.67 Å². The number of halogens is 1. The largest absolute Gasteiger partial charge is 0.497 e. The Balaban J connectivity index is 2.85. The molecule has 78 valence electrons. The molecule has 0 saturated heterocycles. The second-order valence-corrected chi connectivity index (χ2v) is 3.46. The first-order valence-corrected chi connectivity index (χ1v) is 4.63. The van der Waals surface area contributed by atoms with E-state index in [0.29, 0.717) is 18.5 Å². The molecule has 1 atom stereocenters. The third kappa shape index (κ3) is 2.45. The summed E-state index contributed by atoms with van der Waals surface area (Å²) in [5.41, 5.74) is 4.64. The van der Waals surface area contributed by atoms with Crippen LogP contribution in [0.15, 0.2) is 24.3 Å². The van der Waals surface area contributed by atoms with E-state index in [1.807, 2.05) is 0 Å². The summed E-state index contributed by atoms with van der Waals surface area (Å²) < 4.78 is 18.9. The van der Waals surface area contributed by atoms with Gasteiger partial charge in [0.1, 0.15) is 11.4 Å². The van der Waals surface area contributed by atoms with Crippen molar-refractivity contribution in [2.45, 2.75) is 19.0 Å². The van der Waals surface area contributed by atoms with Crippen molar-refractivity contribution in [1.29, 1.82) is 0 Å². The molecular formula is C11H16FNO. The maximum absolute atomic E-state index is 13.9. The lowest BCUT2D eigenvalue weighted by Gasteiger charge is -2.20. The van der Waals surface area contributed by atoms with E-state index in [2.05, 4.69) is 0 Å². The van der Waals surface area contributed by atoms with Crippen molar-refractivity contribution in [2.75, 3.05) is 13.7 Å². The van der Waals surface area contributed by atoms with Gasteiger partial charge in [-0.3, -0.25) is 0 Å². The minimum absolute atomic E-state index is 0.333. The summed E-state index contributed by atoms with van der Waals surface area (Å²) in [5, 5.41) is 0. The summed E-state index contributed by atoms with van der Waals surface area (Å²) in [4.78, 5) is 0. The molecule has 0 aliphatic heterocycles. The van der Waals surface area contributed by atoms with Gasteiger partial charge in [-0.15, -0.1) is 0 Å². The number of alkyl halides is 1. The predicted molar refractivity (Wildman–Crippen MR) is 55.1 cm³/mol. The van der Waals surface area contributed by atoms with Gasteiger partial charge in [-0.05, 0) is 37.6 Å². The SMILES string of the molecule is COc1ccc(C(C)(F)CCN)cc1. The van der Waals surface area contributed by atoms with Gasteiger partial charge in [-0.2, -0.15) is 0 Å². The number of hydrogen-bond acceptors (Lipinski definition) is 2. The molecule has 2 N–H and O–H groups in total. The third-order valence-electron chi connectivity index (χ3n) is 2.31. The molecule has 1 aromatic carbocycles. The maximum Gasteiger partial charge on any atom is 0.134 e. The van der Waals surface area contributed by atoms with Crippen LogP contribution in [-0.4, -0.2) is 13.7 Å². The Morgan fingerprint density at radius 1 is 1.36 bits per heavy atom. The molecule has 0 aliphatic rings. The Morgan fingerprint density at radius 3 is 2.36 bits per heavy atom. The zero-order valence-corrected chi connectivity index (χ0v) is 8.59. The lowest BCUT2D eigenvalue weighted by Crippen LogP contribution is -2.19. The average Bonchev–Trinajstić information content (AvgIpc) is 2.18. The van der Waals surface area contributed by atoms with Gasteiger partial charge in [0.25, 0.3) is 0 Å². The predicted octanol–water partition coefficient (Wildman–Crippen LogP) is 2.23. The Kier molecular flexibility index (Phi) is 3.47. The van der Waals surface area contributed by atoms with E-state index in [-0.39, 0.29) is 0 Å². The Bertz CT molecular complexity index is 282. The summed E-state index contributed by atoms with van der Waals surface area (Å²) in [6, 6.07) is 6.97. The second-order valence-electron chi connectivity index (χ2n) is 3.46. The molecule has 0 heterocycles. The molecule has 3 heteroatoms. The minimum Gasteiger partial charge on any atom is -0.497 e. The Morgan fingerprint density at radius 2 is 1.93 bits per heavy atom. The molecule has 0 fully saturated rings. The van der Waals surface area contributed by atoms with E-state index in [1.165, 1.54) is 0 Å². The summed E-state index contributed by atoms with van der Waals surface area (Å²) in [6.45, 7) is 1.89. The molecule has 1 rings (SSSR count). The second kappa shape index (κ2) is 4.42. The summed E-state index contributed by atoms with van der Waals surface area (Å²) in [5.74, 6) is 0.734. The van der Waals surface area contributed by atoms with Crippen molar-refractivity contribution in [3.8, 4) is 5.75 Å². The van der Waals surface area contributed by atoms with Gasteiger partial charge in [0.2, 0.25) is 0 Å². The molecular weight excluding hydrogens is 181 g/mol. The fraction of sp³-hybridized carbons (Fsp3) is 0.455. The van der Waals surface area contributed by atoms with Gasteiger partial charge in [-0.25, -0.2) is 4.39 Å². The fourth-order valence-electron chi connectivity index (χ4n) is 1.35.